The van der Waals surface area contributed by atoms with Crippen LogP contribution in [0.1, 0.15) is 36.3 Å². The van der Waals surface area contributed by atoms with Crippen molar-refractivity contribution in [2.24, 2.45) is 22.9 Å². The van der Waals surface area contributed by atoms with Gasteiger partial charge in [0.15, 0.2) is 0 Å². The van der Waals surface area contributed by atoms with Gasteiger partial charge in [-0.3, -0.25) is 4.79 Å². The minimum atomic E-state index is 0.0815. The van der Waals surface area contributed by atoms with Gasteiger partial charge in [-0.05, 0) is 53.9 Å². The molecule has 0 radical (unpaired) electrons. The van der Waals surface area contributed by atoms with Gasteiger partial charge in [0.05, 0.1) is 6.21 Å². The molecule has 0 heterocycles. The first-order chi connectivity index (χ1) is 13.1. The Morgan fingerprint density at radius 2 is 1.70 bits per heavy atom. The molecule has 2 bridgehead atoms. The van der Waals surface area contributed by atoms with Crippen molar-refractivity contribution in [2.45, 2.75) is 25.2 Å². The molecule has 1 N–H and O–H groups in total. The molecule has 4 nitrogen and oxygen atoms in total. The van der Waals surface area contributed by atoms with Gasteiger partial charge in [-0.25, -0.2) is 5.43 Å². The Kier molecular flexibility index (Phi) is 4.97. The van der Waals surface area contributed by atoms with Crippen molar-refractivity contribution in [3.8, 4) is 0 Å². The molecule has 0 aromatic heterocycles. The van der Waals surface area contributed by atoms with Gasteiger partial charge in [0.1, 0.15) is 0 Å². The number of fused-ring (bicyclic) bond motifs is 2. The Labute approximate surface area is 161 Å². The van der Waals surface area contributed by atoms with E-state index >= 15 is 0 Å². The second kappa shape index (κ2) is 7.55. The number of anilines is 1. The highest BCUT2D eigenvalue weighted by molar-refractivity contribution is 5.84. The number of rotatable bonds is 5. The van der Waals surface area contributed by atoms with Crippen molar-refractivity contribution in [1.82, 2.24) is 5.43 Å². The maximum atomic E-state index is 12.7. The molecule has 140 valence electrons. The smallest absolute Gasteiger partial charge is 0.243 e. The highest BCUT2D eigenvalue weighted by atomic mass is 16.2. The zero-order valence-electron chi connectivity index (χ0n) is 16.0. The summed E-state index contributed by atoms with van der Waals surface area (Å²) in [5.74, 6) is 1.65. The van der Waals surface area contributed by atoms with Gasteiger partial charge in [0.2, 0.25) is 5.91 Å². The number of amides is 1. The highest BCUT2D eigenvalue weighted by Crippen LogP contribution is 2.59. The van der Waals surface area contributed by atoms with Crippen LogP contribution in [0, 0.1) is 17.8 Å². The molecule has 2 unspecified atom stereocenters. The van der Waals surface area contributed by atoms with Crippen LogP contribution in [0.4, 0.5) is 5.69 Å². The number of hydrogen-bond donors (Lipinski definition) is 1. The minimum Gasteiger partial charge on any atom is -0.378 e. The maximum Gasteiger partial charge on any atom is 0.243 e. The summed E-state index contributed by atoms with van der Waals surface area (Å²) in [5, 5.41) is 4.21. The third-order valence-electron chi connectivity index (χ3n) is 6.21. The number of hydrogen-bond acceptors (Lipinski definition) is 3. The van der Waals surface area contributed by atoms with Crippen LogP contribution in [0.5, 0.6) is 0 Å². The molecule has 2 aromatic carbocycles. The molecule has 0 saturated heterocycles. The third-order valence-corrected chi connectivity index (χ3v) is 6.21. The fourth-order valence-corrected chi connectivity index (χ4v) is 4.91. The van der Waals surface area contributed by atoms with E-state index in [4.69, 9.17) is 0 Å². The minimum absolute atomic E-state index is 0.0815. The second-order valence-corrected chi connectivity index (χ2v) is 7.94. The van der Waals surface area contributed by atoms with E-state index in [0.717, 1.165) is 24.1 Å². The number of nitrogens with zero attached hydrogens (tertiary/aromatic N) is 2. The van der Waals surface area contributed by atoms with Gasteiger partial charge in [0.25, 0.3) is 0 Å². The number of nitrogens with one attached hydrogen (secondary N) is 1. The van der Waals surface area contributed by atoms with E-state index in [1.165, 1.54) is 12.0 Å². The molecule has 2 fully saturated rings. The van der Waals surface area contributed by atoms with Gasteiger partial charge < -0.3 is 4.90 Å². The Hall–Kier alpha value is -2.62. The molecule has 2 aliphatic rings. The van der Waals surface area contributed by atoms with Crippen molar-refractivity contribution in [2.75, 3.05) is 19.0 Å². The van der Waals surface area contributed by atoms with Crippen LogP contribution in [0.3, 0.4) is 0 Å². The summed E-state index contributed by atoms with van der Waals surface area (Å²) in [6.45, 7) is 0. The first-order valence-corrected chi connectivity index (χ1v) is 9.80. The average Bonchev–Trinajstić information content (AvgIpc) is 2.69. The van der Waals surface area contributed by atoms with E-state index < -0.39 is 0 Å². The summed E-state index contributed by atoms with van der Waals surface area (Å²) in [6.07, 6.45) is 5.25. The van der Waals surface area contributed by atoms with Crippen molar-refractivity contribution >= 4 is 17.8 Å². The van der Waals surface area contributed by atoms with E-state index in [-0.39, 0.29) is 11.8 Å². The van der Waals surface area contributed by atoms with Gasteiger partial charge >= 0.3 is 0 Å². The molecule has 2 aromatic rings. The maximum absolute atomic E-state index is 12.7. The van der Waals surface area contributed by atoms with Crippen molar-refractivity contribution in [1.29, 1.82) is 0 Å². The number of carbonyl (C=O) groups excluding carboxylic acids is 1. The summed E-state index contributed by atoms with van der Waals surface area (Å²) >= 11 is 0. The fraction of sp³-hybridized carbons (Fsp3) is 0.391. The predicted octanol–water partition coefficient (Wildman–Crippen LogP) is 4.03. The topological polar surface area (TPSA) is 44.7 Å². The lowest BCUT2D eigenvalue weighted by Crippen LogP contribution is -2.54. The van der Waals surface area contributed by atoms with Crippen LogP contribution in [-0.4, -0.2) is 26.2 Å². The quantitative estimate of drug-likeness (QED) is 0.645. The first kappa shape index (κ1) is 17.8. The summed E-state index contributed by atoms with van der Waals surface area (Å²) in [5.41, 5.74) is 6.31. The lowest BCUT2D eigenvalue weighted by Gasteiger charge is -2.55. The van der Waals surface area contributed by atoms with Crippen molar-refractivity contribution in [3.63, 3.8) is 0 Å². The normalized spacial score (nSPS) is 26.4. The summed E-state index contributed by atoms with van der Waals surface area (Å²) in [7, 11) is 4.03. The molecule has 2 aliphatic carbocycles. The lowest BCUT2D eigenvalue weighted by molar-refractivity contribution is -0.140. The molecular formula is C23H27N3O. The summed E-state index contributed by atoms with van der Waals surface area (Å²) in [4.78, 5) is 14.8. The zero-order chi connectivity index (χ0) is 18.8. The van der Waals surface area contributed by atoms with Crippen LogP contribution in [0.15, 0.2) is 59.7 Å². The van der Waals surface area contributed by atoms with Gasteiger partial charge in [0, 0.05) is 25.7 Å². The predicted molar refractivity (Wildman–Crippen MR) is 110 cm³/mol. The lowest BCUT2D eigenvalue weighted by atomic mass is 9.48. The van der Waals surface area contributed by atoms with Crippen LogP contribution >= 0.6 is 0 Å². The molecule has 27 heavy (non-hydrogen) atoms. The van der Waals surface area contributed by atoms with Crippen LogP contribution < -0.4 is 10.3 Å². The molecule has 2 saturated carbocycles. The van der Waals surface area contributed by atoms with Crippen LogP contribution in [-0.2, 0) is 4.79 Å². The first-order valence-electron chi connectivity index (χ1n) is 9.80. The largest absolute Gasteiger partial charge is 0.378 e. The number of benzene rings is 2. The molecule has 1 amide bonds. The summed E-state index contributed by atoms with van der Waals surface area (Å²) in [6, 6.07) is 18.8. The Balaban J connectivity index is 1.38. The third kappa shape index (κ3) is 3.48. The molecular weight excluding hydrogens is 334 g/mol. The second-order valence-electron chi connectivity index (χ2n) is 7.94. The Morgan fingerprint density at radius 3 is 2.33 bits per heavy atom. The van der Waals surface area contributed by atoms with E-state index in [0.29, 0.717) is 17.8 Å². The molecule has 4 rings (SSSR count). The Morgan fingerprint density at radius 1 is 1.04 bits per heavy atom. The Bertz CT molecular complexity index is 801. The van der Waals surface area contributed by atoms with Crippen molar-refractivity contribution in [3.05, 3.63) is 65.7 Å². The van der Waals surface area contributed by atoms with E-state index in [2.05, 4.69) is 45.8 Å². The molecule has 0 spiro atoms. The van der Waals surface area contributed by atoms with Crippen molar-refractivity contribution < 1.29 is 4.79 Å². The van der Waals surface area contributed by atoms with Crippen LogP contribution in [0.2, 0.25) is 0 Å². The fourth-order valence-electron chi connectivity index (χ4n) is 4.91. The standard InChI is InChI=1S/C23H27N3O/c1-26(2)18-13-11-16(12-14-18)15-24-25-23(27)22-19-9-6-10-20(22)21(19)17-7-4-3-5-8-17/h3-5,7-8,11-15,19-22H,6,9-10H2,1-2H3,(H,25,27). The van der Waals surface area contributed by atoms with Gasteiger partial charge in [-0.2, -0.15) is 5.10 Å². The zero-order valence-corrected chi connectivity index (χ0v) is 16.0. The molecule has 2 atom stereocenters. The SMILES string of the molecule is CN(C)c1ccc(C=NNC(=O)C2C3CCCC2C3c2ccccc2)cc1. The number of carbonyl (C=O) groups is 1. The monoisotopic (exact) mass is 361 g/mol. The van der Waals surface area contributed by atoms with Crippen LogP contribution in [0.25, 0.3) is 0 Å². The van der Waals surface area contributed by atoms with E-state index in [9.17, 15) is 4.79 Å². The summed E-state index contributed by atoms with van der Waals surface area (Å²) < 4.78 is 0. The highest BCUT2D eigenvalue weighted by Gasteiger charge is 2.55. The van der Waals surface area contributed by atoms with Gasteiger partial charge in [-0.1, -0.05) is 48.9 Å². The average molecular weight is 361 g/mol. The number of hydrazone groups is 1. The van der Waals surface area contributed by atoms with E-state index in [1.54, 1.807) is 6.21 Å². The molecule has 0 aliphatic heterocycles. The van der Waals surface area contributed by atoms with E-state index in [1.807, 2.05) is 38.4 Å². The molecule has 4 heteroatoms. The van der Waals surface area contributed by atoms with Gasteiger partial charge in [-0.15, -0.1) is 0 Å².